The first-order chi connectivity index (χ1) is 11.5. The lowest BCUT2D eigenvalue weighted by molar-refractivity contribution is 0.0947. The van der Waals surface area contributed by atoms with Crippen molar-refractivity contribution >= 4 is 11.6 Å². The minimum absolute atomic E-state index is 0.126. The van der Waals surface area contributed by atoms with Crippen LogP contribution in [0.3, 0.4) is 0 Å². The van der Waals surface area contributed by atoms with Crippen LogP contribution in [0.4, 0.5) is 5.69 Å². The van der Waals surface area contributed by atoms with E-state index in [1.807, 2.05) is 26.2 Å². The van der Waals surface area contributed by atoms with Crippen molar-refractivity contribution in [2.45, 2.75) is 19.9 Å². The van der Waals surface area contributed by atoms with E-state index >= 15 is 0 Å². The maximum absolute atomic E-state index is 12.0. The summed E-state index contributed by atoms with van der Waals surface area (Å²) < 4.78 is 0. The van der Waals surface area contributed by atoms with Gasteiger partial charge in [0.25, 0.3) is 5.91 Å². The molecule has 0 aliphatic heterocycles. The van der Waals surface area contributed by atoms with Crippen LogP contribution in [-0.4, -0.2) is 43.0 Å². The van der Waals surface area contributed by atoms with Crippen LogP contribution in [-0.2, 0) is 6.54 Å². The van der Waals surface area contributed by atoms with E-state index in [2.05, 4.69) is 45.6 Å². The standard InChI is InChI=1S/C19H26N4O/c1-15-6-4-7-16(12-15)13-21-17-8-9-18(22-14-17)19(24)20-10-5-11-23(2)3/h4,6-9,12,14,21H,5,10-11,13H2,1-3H3,(H,20,24). The number of carbonyl (C=O) groups is 1. The van der Waals surface area contributed by atoms with Crippen molar-refractivity contribution in [3.63, 3.8) is 0 Å². The van der Waals surface area contributed by atoms with Gasteiger partial charge >= 0.3 is 0 Å². The van der Waals surface area contributed by atoms with Crippen molar-refractivity contribution in [3.05, 3.63) is 59.4 Å². The Morgan fingerprint density at radius 3 is 2.71 bits per heavy atom. The number of hydrogen-bond donors (Lipinski definition) is 2. The molecule has 0 fully saturated rings. The Hall–Kier alpha value is -2.40. The molecule has 0 aliphatic rings. The molecule has 5 nitrogen and oxygen atoms in total. The third-order valence-electron chi connectivity index (χ3n) is 3.64. The van der Waals surface area contributed by atoms with Gasteiger partial charge in [-0.2, -0.15) is 0 Å². The highest BCUT2D eigenvalue weighted by Crippen LogP contribution is 2.10. The molecule has 0 atom stereocenters. The minimum Gasteiger partial charge on any atom is -0.380 e. The molecule has 0 radical (unpaired) electrons. The normalized spacial score (nSPS) is 10.7. The van der Waals surface area contributed by atoms with E-state index in [9.17, 15) is 4.79 Å². The van der Waals surface area contributed by atoms with Crippen LogP contribution < -0.4 is 10.6 Å². The first-order valence-electron chi connectivity index (χ1n) is 8.23. The number of aromatic nitrogens is 1. The summed E-state index contributed by atoms with van der Waals surface area (Å²) in [6.45, 7) is 4.43. The molecular weight excluding hydrogens is 300 g/mol. The molecule has 5 heteroatoms. The average molecular weight is 326 g/mol. The number of anilines is 1. The second-order valence-electron chi connectivity index (χ2n) is 6.19. The molecule has 24 heavy (non-hydrogen) atoms. The van der Waals surface area contributed by atoms with Crippen LogP contribution in [0.1, 0.15) is 28.0 Å². The summed E-state index contributed by atoms with van der Waals surface area (Å²) in [6, 6.07) is 12.0. The van der Waals surface area contributed by atoms with Gasteiger partial charge in [0.1, 0.15) is 5.69 Å². The fourth-order valence-corrected chi connectivity index (χ4v) is 2.35. The first-order valence-corrected chi connectivity index (χ1v) is 8.23. The van der Waals surface area contributed by atoms with Gasteiger partial charge in [-0.3, -0.25) is 4.79 Å². The summed E-state index contributed by atoms with van der Waals surface area (Å²) in [7, 11) is 4.04. The smallest absolute Gasteiger partial charge is 0.269 e. The second kappa shape index (κ2) is 9.03. The lowest BCUT2D eigenvalue weighted by Gasteiger charge is -2.10. The van der Waals surface area contributed by atoms with Gasteiger partial charge in [0, 0.05) is 13.1 Å². The third-order valence-corrected chi connectivity index (χ3v) is 3.64. The molecule has 0 aliphatic carbocycles. The van der Waals surface area contributed by atoms with Crippen LogP contribution >= 0.6 is 0 Å². The second-order valence-corrected chi connectivity index (χ2v) is 6.19. The van der Waals surface area contributed by atoms with E-state index < -0.39 is 0 Å². The molecule has 0 saturated carbocycles. The van der Waals surface area contributed by atoms with Crippen LogP contribution in [0.15, 0.2) is 42.6 Å². The van der Waals surface area contributed by atoms with E-state index in [1.165, 1.54) is 11.1 Å². The predicted octanol–water partition coefficient (Wildman–Crippen LogP) is 2.68. The molecule has 0 spiro atoms. The highest BCUT2D eigenvalue weighted by atomic mass is 16.1. The molecule has 2 rings (SSSR count). The predicted molar refractivity (Wildman–Crippen MR) is 98.2 cm³/mol. The van der Waals surface area contributed by atoms with Crippen molar-refractivity contribution in [1.82, 2.24) is 15.2 Å². The maximum Gasteiger partial charge on any atom is 0.269 e. The Morgan fingerprint density at radius 2 is 2.04 bits per heavy atom. The molecule has 1 aromatic heterocycles. The monoisotopic (exact) mass is 326 g/mol. The topological polar surface area (TPSA) is 57.3 Å². The number of hydrogen-bond acceptors (Lipinski definition) is 4. The van der Waals surface area contributed by atoms with Crippen molar-refractivity contribution in [3.8, 4) is 0 Å². The van der Waals surface area contributed by atoms with Crippen LogP contribution in [0.2, 0.25) is 0 Å². The lowest BCUT2D eigenvalue weighted by Crippen LogP contribution is -2.27. The number of aryl methyl sites for hydroxylation is 1. The Morgan fingerprint density at radius 1 is 1.21 bits per heavy atom. The molecule has 1 aromatic carbocycles. The molecule has 1 amide bonds. The summed E-state index contributed by atoms with van der Waals surface area (Å²) in [5.74, 6) is -0.126. The van der Waals surface area contributed by atoms with Gasteiger partial charge in [0.15, 0.2) is 0 Å². The molecule has 0 saturated heterocycles. The van der Waals surface area contributed by atoms with Crippen LogP contribution in [0.25, 0.3) is 0 Å². The van der Waals surface area contributed by atoms with E-state index in [4.69, 9.17) is 0 Å². The Bertz CT molecular complexity index is 653. The minimum atomic E-state index is -0.126. The first kappa shape index (κ1) is 17.9. The van der Waals surface area contributed by atoms with E-state index in [1.54, 1.807) is 12.3 Å². The number of nitrogens with one attached hydrogen (secondary N) is 2. The van der Waals surface area contributed by atoms with Gasteiger partial charge in [-0.05, 0) is 51.7 Å². The van der Waals surface area contributed by atoms with E-state index in [0.717, 1.165) is 25.2 Å². The number of rotatable bonds is 8. The zero-order chi connectivity index (χ0) is 17.4. The number of amides is 1. The largest absolute Gasteiger partial charge is 0.380 e. The maximum atomic E-state index is 12.0. The van der Waals surface area contributed by atoms with Gasteiger partial charge in [-0.1, -0.05) is 29.8 Å². The van der Waals surface area contributed by atoms with Crippen molar-refractivity contribution in [2.75, 3.05) is 32.5 Å². The summed E-state index contributed by atoms with van der Waals surface area (Å²) >= 11 is 0. The highest BCUT2D eigenvalue weighted by molar-refractivity contribution is 5.92. The molecule has 0 unspecified atom stereocenters. The van der Waals surface area contributed by atoms with Gasteiger partial charge in [0.2, 0.25) is 0 Å². The van der Waals surface area contributed by atoms with Crippen LogP contribution in [0, 0.1) is 6.92 Å². The van der Waals surface area contributed by atoms with Crippen molar-refractivity contribution in [2.24, 2.45) is 0 Å². The molecule has 2 aromatic rings. The molecule has 128 valence electrons. The summed E-state index contributed by atoms with van der Waals surface area (Å²) in [5, 5.41) is 6.21. The van der Waals surface area contributed by atoms with E-state index in [0.29, 0.717) is 12.2 Å². The fraction of sp³-hybridized carbons (Fsp3) is 0.368. The zero-order valence-corrected chi connectivity index (χ0v) is 14.7. The Labute approximate surface area is 144 Å². The molecular formula is C19H26N4O. The Balaban J connectivity index is 1.80. The summed E-state index contributed by atoms with van der Waals surface area (Å²) in [4.78, 5) is 18.3. The highest BCUT2D eigenvalue weighted by Gasteiger charge is 2.06. The quantitative estimate of drug-likeness (QED) is 0.732. The zero-order valence-electron chi connectivity index (χ0n) is 14.7. The number of pyridine rings is 1. The lowest BCUT2D eigenvalue weighted by atomic mass is 10.1. The fourth-order valence-electron chi connectivity index (χ4n) is 2.35. The van der Waals surface area contributed by atoms with Crippen molar-refractivity contribution in [1.29, 1.82) is 0 Å². The third kappa shape index (κ3) is 6.01. The van der Waals surface area contributed by atoms with Gasteiger partial charge in [-0.15, -0.1) is 0 Å². The summed E-state index contributed by atoms with van der Waals surface area (Å²) in [6.07, 6.45) is 2.62. The molecule has 0 bridgehead atoms. The SMILES string of the molecule is Cc1cccc(CNc2ccc(C(=O)NCCCN(C)C)nc2)c1. The van der Waals surface area contributed by atoms with Gasteiger partial charge in [0.05, 0.1) is 11.9 Å². The molecule has 2 N–H and O–H groups in total. The molecule has 1 heterocycles. The van der Waals surface area contributed by atoms with Gasteiger partial charge < -0.3 is 15.5 Å². The van der Waals surface area contributed by atoms with Crippen molar-refractivity contribution < 1.29 is 4.79 Å². The van der Waals surface area contributed by atoms with E-state index in [-0.39, 0.29) is 5.91 Å². The van der Waals surface area contributed by atoms with Gasteiger partial charge in [-0.25, -0.2) is 4.98 Å². The Kier molecular flexibility index (Phi) is 6.75. The number of carbonyl (C=O) groups excluding carboxylic acids is 1. The van der Waals surface area contributed by atoms with Crippen LogP contribution in [0.5, 0.6) is 0 Å². The number of nitrogens with zero attached hydrogens (tertiary/aromatic N) is 2. The number of benzene rings is 1. The summed E-state index contributed by atoms with van der Waals surface area (Å²) in [5.41, 5.74) is 3.81. The average Bonchev–Trinajstić information content (AvgIpc) is 2.57.